The number of carbonyl (C=O) groups excluding carboxylic acids is 1. The number of pyridine rings is 1. The number of hydrogen-bond donors (Lipinski definition) is 1. The van der Waals surface area contributed by atoms with Crippen LogP contribution in [0, 0.1) is 11.7 Å². The fraction of sp³-hybridized carbons (Fsp3) is 0.400. The molecule has 5 atom stereocenters. The third-order valence-corrected chi connectivity index (χ3v) is 13.5. The Bertz CT molecular complexity index is 1230. The molecule has 1 N–H and O–H groups in total. The lowest BCUT2D eigenvalue weighted by Gasteiger charge is -2.47. The first kappa shape index (κ1) is 24.5. The SMILES string of the molecule is CC(C)(C)[Si](O[C@H]1[C@@H]2[C@@H]3C[C@@H](C[C@H]1N3)CN2C(=O)c1ccc(F)cn1)(c1ccccc1)c1ccccc1. The number of rotatable bonds is 5. The smallest absolute Gasteiger partial charge is 0.272 e. The summed E-state index contributed by atoms with van der Waals surface area (Å²) in [6.45, 7) is 7.56. The van der Waals surface area contributed by atoms with Crippen LogP contribution in [-0.2, 0) is 4.43 Å². The van der Waals surface area contributed by atoms with Crippen LogP contribution in [0.2, 0.25) is 5.04 Å². The molecule has 6 rings (SSSR count). The zero-order valence-corrected chi connectivity index (χ0v) is 22.6. The molecule has 3 aliphatic heterocycles. The summed E-state index contributed by atoms with van der Waals surface area (Å²) < 4.78 is 21.2. The number of likely N-dealkylation sites (tertiary alicyclic amines) is 1. The third-order valence-electron chi connectivity index (χ3n) is 8.50. The summed E-state index contributed by atoms with van der Waals surface area (Å²) in [5.41, 5.74) is 0.287. The van der Waals surface area contributed by atoms with E-state index in [-0.39, 0.29) is 40.9 Å². The van der Waals surface area contributed by atoms with Gasteiger partial charge in [0, 0.05) is 18.6 Å². The number of fused-ring (bicyclic) bond motifs is 2. The molecular weight excluding hydrogens is 481 g/mol. The molecule has 3 bridgehead atoms. The maximum atomic E-state index is 13.7. The van der Waals surface area contributed by atoms with Gasteiger partial charge in [-0.3, -0.25) is 4.79 Å². The first-order valence-corrected chi connectivity index (χ1v) is 15.2. The minimum atomic E-state index is -2.81. The number of aromatic nitrogens is 1. The van der Waals surface area contributed by atoms with E-state index in [0.717, 1.165) is 19.0 Å². The number of piperidine rings is 2. The molecule has 1 aromatic heterocycles. The summed E-state index contributed by atoms with van der Waals surface area (Å²) >= 11 is 0. The molecule has 0 unspecified atom stereocenters. The Labute approximate surface area is 219 Å². The normalized spacial score (nSPS) is 26.9. The quantitative estimate of drug-likeness (QED) is 0.526. The van der Waals surface area contributed by atoms with Crippen molar-refractivity contribution in [3.8, 4) is 0 Å². The summed E-state index contributed by atoms with van der Waals surface area (Å²) in [4.78, 5) is 19.8. The van der Waals surface area contributed by atoms with Gasteiger partial charge in [-0.1, -0.05) is 81.4 Å². The van der Waals surface area contributed by atoms with Crippen molar-refractivity contribution in [1.82, 2.24) is 15.2 Å². The second kappa shape index (κ2) is 9.15. The van der Waals surface area contributed by atoms with E-state index in [9.17, 15) is 9.18 Å². The lowest BCUT2D eigenvalue weighted by molar-refractivity contribution is 0.0345. The van der Waals surface area contributed by atoms with E-state index in [1.54, 1.807) is 0 Å². The lowest BCUT2D eigenvalue weighted by Crippen LogP contribution is -2.69. The van der Waals surface area contributed by atoms with Gasteiger partial charge in [0.15, 0.2) is 0 Å². The Morgan fingerprint density at radius 3 is 2.16 bits per heavy atom. The van der Waals surface area contributed by atoms with Crippen LogP contribution in [-0.4, -0.2) is 54.9 Å². The van der Waals surface area contributed by atoms with Crippen LogP contribution in [0.1, 0.15) is 44.1 Å². The maximum Gasteiger partial charge on any atom is 0.272 e. The van der Waals surface area contributed by atoms with Gasteiger partial charge in [-0.05, 0) is 46.3 Å². The van der Waals surface area contributed by atoms with Gasteiger partial charge in [-0.25, -0.2) is 9.37 Å². The number of halogens is 1. The average molecular weight is 516 g/mol. The summed E-state index contributed by atoms with van der Waals surface area (Å²) in [6.07, 6.45) is 3.00. The molecule has 4 heterocycles. The number of nitrogens with zero attached hydrogens (tertiary/aromatic N) is 2. The molecule has 0 aliphatic carbocycles. The summed E-state index contributed by atoms with van der Waals surface area (Å²) in [5, 5.41) is 6.14. The number of nitrogens with one attached hydrogen (secondary N) is 1. The largest absolute Gasteiger partial charge is 0.401 e. The Hall–Kier alpha value is -2.87. The van der Waals surface area contributed by atoms with Crippen LogP contribution in [0.5, 0.6) is 0 Å². The van der Waals surface area contributed by atoms with Gasteiger partial charge in [0.1, 0.15) is 11.5 Å². The summed E-state index contributed by atoms with van der Waals surface area (Å²) in [6, 6.07) is 24.4. The van der Waals surface area contributed by atoms with Crippen molar-refractivity contribution in [3.63, 3.8) is 0 Å². The maximum absolute atomic E-state index is 13.7. The zero-order valence-electron chi connectivity index (χ0n) is 21.6. The second-order valence-corrected chi connectivity index (χ2v) is 16.0. The molecule has 3 aliphatic rings. The van der Waals surface area contributed by atoms with E-state index in [0.29, 0.717) is 12.5 Å². The average Bonchev–Trinajstić information content (AvgIpc) is 3.07. The summed E-state index contributed by atoms with van der Waals surface area (Å²) in [7, 11) is -2.81. The molecule has 3 saturated heterocycles. The highest BCUT2D eigenvalue weighted by atomic mass is 28.4. The van der Waals surface area contributed by atoms with Crippen LogP contribution in [0.3, 0.4) is 0 Å². The van der Waals surface area contributed by atoms with Gasteiger partial charge in [0.2, 0.25) is 0 Å². The van der Waals surface area contributed by atoms with Crippen molar-refractivity contribution < 1.29 is 13.6 Å². The molecule has 0 radical (unpaired) electrons. The molecule has 192 valence electrons. The Kier molecular flexibility index (Phi) is 6.05. The van der Waals surface area contributed by atoms with E-state index in [1.165, 1.54) is 22.5 Å². The fourth-order valence-electron chi connectivity index (χ4n) is 7.02. The molecule has 3 aromatic rings. The van der Waals surface area contributed by atoms with Crippen LogP contribution in [0.25, 0.3) is 0 Å². The number of hydrogen-bond acceptors (Lipinski definition) is 4. The van der Waals surface area contributed by atoms with Crippen LogP contribution in [0.4, 0.5) is 4.39 Å². The molecular formula is C30H34FN3O2Si. The van der Waals surface area contributed by atoms with Crippen LogP contribution < -0.4 is 15.7 Å². The number of carbonyl (C=O) groups is 1. The topological polar surface area (TPSA) is 54.5 Å². The van der Waals surface area contributed by atoms with E-state index in [2.05, 4.69) is 91.7 Å². The number of amides is 1. The van der Waals surface area contributed by atoms with Crippen molar-refractivity contribution in [2.75, 3.05) is 6.54 Å². The Balaban J connectivity index is 1.45. The molecule has 0 saturated carbocycles. The Morgan fingerprint density at radius 2 is 1.59 bits per heavy atom. The molecule has 7 heteroatoms. The van der Waals surface area contributed by atoms with Gasteiger partial charge in [0.05, 0.1) is 18.3 Å². The molecule has 0 spiro atoms. The Morgan fingerprint density at radius 1 is 0.973 bits per heavy atom. The van der Waals surface area contributed by atoms with Crippen molar-refractivity contribution in [2.24, 2.45) is 5.92 Å². The van der Waals surface area contributed by atoms with E-state index >= 15 is 0 Å². The van der Waals surface area contributed by atoms with E-state index < -0.39 is 14.1 Å². The van der Waals surface area contributed by atoms with Crippen LogP contribution in [0.15, 0.2) is 79.0 Å². The van der Waals surface area contributed by atoms with Crippen molar-refractivity contribution in [2.45, 2.75) is 62.9 Å². The van der Waals surface area contributed by atoms with E-state index in [4.69, 9.17) is 4.43 Å². The molecule has 1 amide bonds. The van der Waals surface area contributed by atoms with Gasteiger partial charge >= 0.3 is 0 Å². The molecule has 2 aromatic carbocycles. The minimum absolute atomic E-state index is 0.0928. The third kappa shape index (κ3) is 4.04. The highest BCUT2D eigenvalue weighted by molar-refractivity contribution is 6.99. The van der Waals surface area contributed by atoms with Crippen molar-refractivity contribution >= 4 is 24.6 Å². The standard InChI is InChI=1S/C30H34FN3O2Si/c1-30(2,3)37(22-10-6-4-7-11-22,23-12-8-5-9-13-23)36-28-26-17-20-16-25(33-26)27(28)34(19-20)29(35)24-15-14-21(31)18-32-24/h4-15,18,20,25-28,33H,16-17,19H2,1-3H3/t20-,25-,26+,27-,28+/m0/s1. The highest BCUT2D eigenvalue weighted by Gasteiger charge is 2.60. The first-order chi connectivity index (χ1) is 17.8. The fourth-order valence-corrected chi connectivity index (χ4v) is 11.7. The lowest BCUT2D eigenvalue weighted by atomic mass is 9.88. The minimum Gasteiger partial charge on any atom is -0.401 e. The van der Waals surface area contributed by atoms with Gasteiger partial charge < -0.3 is 14.6 Å². The predicted molar refractivity (Wildman–Crippen MR) is 145 cm³/mol. The van der Waals surface area contributed by atoms with Gasteiger partial charge in [0.25, 0.3) is 14.2 Å². The zero-order chi connectivity index (χ0) is 25.8. The first-order valence-electron chi connectivity index (χ1n) is 13.3. The predicted octanol–water partition coefficient (Wildman–Crippen LogP) is 3.74. The second-order valence-electron chi connectivity index (χ2n) is 11.8. The van der Waals surface area contributed by atoms with Crippen molar-refractivity contribution in [1.29, 1.82) is 0 Å². The van der Waals surface area contributed by atoms with Crippen molar-refractivity contribution in [3.05, 3.63) is 90.5 Å². The molecule has 3 fully saturated rings. The van der Waals surface area contributed by atoms with E-state index in [1.807, 2.05) is 4.90 Å². The van der Waals surface area contributed by atoms with Crippen LogP contribution >= 0.6 is 0 Å². The monoisotopic (exact) mass is 515 g/mol. The molecule has 5 nitrogen and oxygen atoms in total. The summed E-state index contributed by atoms with van der Waals surface area (Å²) in [5.74, 6) is -0.157. The molecule has 37 heavy (non-hydrogen) atoms. The van der Waals surface area contributed by atoms with Gasteiger partial charge in [-0.2, -0.15) is 0 Å². The van der Waals surface area contributed by atoms with Gasteiger partial charge in [-0.15, -0.1) is 0 Å². The number of benzene rings is 2. The highest BCUT2D eigenvalue weighted by Crippen LogP contribution is 2.45.